The average molecular weight is 426 g/mol. The lowest BCUT2D eigenvalue weighted by molar-refractivity contribution is 0.585. The van der Waals surface area contributed by atoms with Crippen LogP contribution in [0.2, 0.25) is 0 Å². The Morgan fingerprint density at radius 1 is 1.00 bits per heavy atom. The molecule has 29 heavy (non-hydrogen) atoms. The van der Waals surface area contributed by atoms with E-state index in [0.717, 1.165) is 59.2 Å². The van der Waals surface area contributed by atoms with Gasteiger partial charge in [0.05, 0.1) is 21.4 Å². The Morgan fingerprint density at radius 2 is 1.90 bits per heavy atom. The van der Waals surface area contributed by atoms with Gasteiger partial charge in [-0.15, -0.1) is 23.7 Å². The van der Waals surface area contributed by atoms with Gasteiger partial charge in [0, 0.05) is 49.8 Å². The quantitative estimate of drug-likeness (QED) is 0.515. The summed E-state index contributed by atoms with van der Waals surface area (Å²) in [5, 5.41) is 6.64. The van der Waals surface area contributed by atoms with Crippen molar-refractivity contribution in [3.8, 4) is 11.3 Å². The number of thiazole rings is 1. The van der Waals surface area contributed by atoms with Crippen LogP contribution in [-0.2, 0) is 0 Å². The molecule has 1 saturated heterocycles. The van der Waals surface area contributed by atoms with Crippen molar-refractivity contribution in [3.05, 3.63) is 54.3 Å². The van der Waals surface area contributed by atoms with Gasteiger partial charge in [-0.2, -0.15) is 0 Å². The molecule has 3 aromatic heterocycles. The molecule has 0 bridgehead atoms. The van der Waals surface area contributed by atoms with E-state index in [1.807, 2.05) is 29.9 Å². The number of anilines is 3. The maximum absolute atomic E-state index is 4.65. The maximum Gasteiger partial charge on any atom is 0.227 e. The van der Waals surface area contributed by atoms with Gasteiger partial charge in [0.25, 0.3) is 0 Å². The van der Waals surface area contributed by atoms with Crippen molar-refractivity contribution >= 4 is 51.4 Å². The minimum absolute atomic E-state index is 0. The third kappa shape index (κ3) is 4.29. The van der Waals surface area contributed by atoms with Crippen LogP contribution in [0, 0.1) is 0 Å². The second-order valence-corrected chi connectivity index (χ2v) is 7.45. The summed E-state index contributed by atoms with van der Waals surface area (Å²) < 4.78 is 1.13. The molecular formula is C20H20ClN7S. The molecule has 0 atom stereocenters. The van der Waals surface area contributed by atoms with Gasteiger partial charge in [0.15, 0.2) is 0 Å². The zero-order valence-electron chi connectivity index (χ0n) is 15.6. The summed E-state index contributed by atoms with van der Waals surface area (Å²) in [6, 6.07) is 12.1. The summed E-state index contributed by atoms with van der Waals surface area (Å²) in [5.74, 6) is 1.57. The fraction of sp³-hybridized carbons (Fsp3) is 0.200. The molecular weight excluding hydrogens is 406 g/mol. The van der Waals surface area contributed by atoms with Gasteiger partial charge in [-0.05, 0) is 36.4 Å². The number of nitrogens with one attached hydrogen (secondary N) is 2. The first kappa shape index (κ1) is 19.5. The Balaban J connectivity index is 0.00000205. The molecule has 1 aliphatic rings. The third-order valence-corrected chi connectivity index (χ3v) is 5.52. The van der Waals surface area contributed by atoms with Crippen molar-refractivity contribution in [1.29, 1.82) is 0 Å². The van der Waals surface area contributed by atoms with Gasteiger partial charge in [-0.25, -0.2) is 19.9 Å². The summed E-state index contributed by atoms with van der Waals surface area (Å²) in [7, 11) is 0. The van der Waals surface area contributed by atoms with Crippen molar-refractivity contribution in [2.24, 2.45) is 0 Å². The summed E-state index contributed by atoms with van der Waals surface area (Å²) in [5.41, 5.74) is 5.61. The van der Waals surface area contributed by atoms with E-state index in [-0.39, 0.29) is 12.4 Å². The molecule has 1 aliphatic heterocycles. The van der Waals surface area contributed by atoms with Gasteiger partial charge < -0.3 is 15.5 Å². The second kappa shape index (κ2) is 8.69. The number of piperazine rings is 1. The van der Waals surface area contributed by atoms with Gasteiger partial charge in [-0.3, -0.25) is 0 Å². The van der Waals surface area contributed by atoms with Crippen LogP contribution < -0.4 is 15.5 Å². The molecule has 5 rings (SSSR count). The van der Waals surface area contributed by atoms with E-state index in [2.05, 4.69) is 53.7 Å². The van der Waals surface area contributed by atoms with E-state index in [9.17, 15) is 0 Å². The number of aromatic nitrogens is 4. The van der Waals surface area contributed by atoms with Gasteiger partial charge in [0.1, 0.15) is 5.82 Å². The SMILES string of the molecule is Cl.c1cc(-c2ccc(N3CCNCC3)nc2)nc(Nc2ccc3ncsc3c2)n1. The number of pyridine rings is 1. The Kier molecular flexibility index (Phi) is 5.84. The highest BCUT2D eigenvalue weighted by Gasteiger charge is 2.12. The fourth-order valence-electron chi connectivity index (χ4n) is 3.26. The third-order valence-electron chi connectivity index (χ3n) is 4.73. The first-order valence-corrected chi connectivity index (χ1v) is 10.1. The van der Waals surface area contributed by atoms with E-state index in [4.69, 9.17) is 0 Å². The second-order valence-electron chi connectivity index (χ2n) is 6.57. The van der Waals surface area contributed by atoms with E-state index in [1.54, 1.807) is 17.5 Å². The predicted octanol–water partition coefficient (Wildman–Crippen LogP) is 3.72. The predicted molar refractivity (Wildman–Crippen MR) is 120 cm³/mol. The largest absolute Gasteiger partial charge is 0.354 e. The van der Waals surface area contributed by atoms with E-state index < -0.39 is 0 Å². The van der Waals surface area contributed by atoms with Crippen molar-refractivity contribution in [1.82, 2.24) is 25.3 Å². The van der Waals surface area contributed by atoms with Crippen molar-refractivity contribution in [2.75, 3.05) is 36.4 Å². The highest BCUT2D eigenvalue weighted by Crippen LogP contribution is 2.25. The summed E-state index contributed by atoms with van der Waals surface area (Å²) in [6.07, 6.45) is 3.65. The molecule has 0 amide bonds. The van der Waals surface area contributed by atoms with Gasteiger partial charge in [-0.1, -0.05) is 0 Å². The number of benzene rings is 1. The molecule has 0 aliphatic carbocycles. The van der Waals surface area contributed by atoms with E-state index in [0.29, 0.717) is 5.95 Å². The van der Waals surface area contributed by atoms with Crippen LogP contribution >= 0.6 is 23.7 Å². The van der Waals surface area contributed by atoms with Crippen LogP contribution in [-0.4, -0.2) is 46.1 Å². The molecule has 0 saturated carbocycles. The molecule has 4 aromatic rings. The number of hydrogen-bond acceptors (Lipinski definition) is 8. The normalized spacial score (nSPS) is 13.9. The van der Waals surface area contributed by atoms with Crippen LogP contribution in [0.15, 0.2) is 54.3 Å². The Hall–Kier alpha value is -2.81. The molecule has 0 spiro atoms. The van der Waals surface area contributed by atoms with E-state index >= 15 is 0 Å². The molecule has 2 N–H and O–H groups in total. The molecule has 9 heteroatoms. The minimum atomic E-state index is 0. The zero-order chi connectivity index (χ0) is 18.8. The smallest absolute Gasteiger partial charge is 0.227 e. The zero-order valence-corrected chi connectivity index (χ0v) is 17.2. The van der Waals surface area contributed by atoms with Crippen LogP contribution in [0.3, 0.4) is 0 Å². The lowest BCUT2D eigenvalue weighted by Gasteiger charge is -2.28. The number of hydrogen-bond donors (Lipinski definition) is 2. The lowest BCUT2D eigenvalue weighted by atomic mass is 10.2. The first-order chi connectivity index (χ1) is 13.8. The Bertz CT molecular complexity index is 1090. The average Bonchev–Trinajstić information content (AvgIpc) is 3.23. The number of rotatable bonds is 4. The highest BCUT2D eigenvalue weighted by molar-refractivity contribution is 7.16. The monoisotopic (exact) mass is 425 g/mol. The molecule has 148 valence electrons. The molecule has 4 heterocycles. The van der Waals surface area contributed by atoms with Crippen molar-refractivity contribution < 1.29 is 0 Å². The van der Waals surface area contributed by atoms with Crippen molar-refractivity contribution in [2.45, 2.75) is 0 Å². The molecule has 0 unspecified atom stereocenters. The van der Waals surface area contributed by atoms with Gasteiger partial charge >= 0.3 is 0 Å². The van der Waals surface area contributed by atoms with Crippen LogP contribution in [0.1, 0.15) is 0 Å². The summed E-state index contributed by atoms with van der Waals surface area (Å²) in [6.45, 7) is 3.96. The topological polar surface area (TPSA) is 78.9 Å². The molecule has 1 fully saturated rings. The van der Waals surface area contributed by atoms with Gasteiger partial charge in [0.2, 0.25) is 5.95 Å². The van der Waals surface area contributed by atoms with Crippen molar-refractivity contribution in [3.63, 3.8) is 0 Å². The number of fused-ring (bicyclic) bond motifs is 1. The Labute approximate surface area is 178 Å². The molecule has 1 aromatic carbocycles. The number of nitrogens with zero attached hydrogens (tertiary/aromatic N) is 5. The fourth-order valence-corrected chi connectivity index (χ4v) is 3.98. The van der Waals surface area contributed by atoms with Crippen LogP contribution in [0.5, 0.6) is 0 Å². The minimum Gasteiger partial charge on any atom is -0.354 e. The maximum atomic E-state index is 4.65. The Morgan fingerprint density at radius 3 is 2.72 bits per heavy atom. The molecule has 7 nitrogen and oxygen atoms in total. The highest BCUT2D eigenvalue weighted by atomic mass is 35.5. The van der Waals surface area contributed by atoms with Crippen LogP contribution in [0.4, 0.5) is 17.5 Å². The number of halogens is 1. The standard InChI is InChI=1S/C20H19N7S.ClH/c1-4-19(27-9-7-21-8-10-27)23-12-14(1)16-5-6-22-20(26-16)25-15-2-3-17-18(11-15)28-13-24-17;/h1-6,11-13,21H,7-10H2,(H,22,25,26);1H. The molecule has 0 radical (unpaired) electrons. The summed E-state index contributed by atoms with van der Waals surface area (Å²) in [4.78, 5) is 20.2. The van der Waals surface area contributed by atoms with E-state index in [1.165, 1.54) is 0 Å². The lowest BCUT2D eigenvalue weighted by Crippen LogP contribution is -2.43. The van der Waals surface area contributed by atoms with Crippen LogP contribution in [0.25, 0.3) is 21.5 Å². The first-order valence-electron chi connectivity index (χ1n) is 9.21. The summed E-state index contributed by atoms with van der Waals surface area (Å²) >= 11 is 1.62.